The van der Waals surface area contributed by atoms with Crippen LogP contribution in [0.1, 0.15) is 22.5 Å². The van der Waals surface area contributed by atoms with Crippen LogP contribution in [-0.4, -0.2) is 45.0 Å². The average Bonchev–Trinajstić information content (AvgIpc) is 3.49. The van der Waals surface area contributed by atoms with Gasteiger partial charge in [-0.2, -0.15) is 10.2 Å². The first-order valence-electron chi connectivity index (χ1n) is 10.3. The molecule has 0 aliphatic carbocycles. The molecular weight excluding hydrogens is 392 g/mol. The van der Waals surface area contributed by atoms with Crippen LogP contribution in [0.3, 0.4) is 0 Å². The quantitative estimate of drug-likeness (QED) is 0.307. The zero-order valence-corrected chi connectivity index (χ0v) is 16.9. The van der Waals surface area contributed by atoms with Crippen LogP contribution in [0, 0.1) is 0 Å². The summed E-state index contributed by atoms with van der Waals surface area (Å²) in [5.74, 6) is -0.283. The summed E-state index contributed by atoms with van der Waals surface area (Å²) in [6.45, 7) is 2.53. The molecular formula is C22H24N8O. The van der Waals surface area contributed by atoms with Crippen molar-refractivity contribution in [3.05, 3.63) is 66.1 Å². The van der Waals surface area contributed by atoms with Crippen LogP contribution in [0.15, 0.2) is 54.9 Å². The zero-order chi connectivity index (χ0) is 21.2. The first-order chi connectivity index (χ1) is 15.1. The minimum Gasteiger partial charge on any atom is -0.399 e. The second-order valence-corrected chi connectivity index (χ2v) is 7.79. The Bertz CT molecular complexity index is 1220. The first kappa shape index (κ1) is 19.1. The summed E-state index contributed by atoms with van der Waals surface area (Å²) in [7, 11) is 0. The van der Waals surface area contributed by atoms with E-state index in [2.05, 4.69) is 31.2 Å². The summed E-state index contributed by atoms with van der Waals surface area (Å²) >= 11 is 0. The lowest BCUT2D eigenvalue weighted by Crippen LogP contribution is -2.22. The number of rotatable bonds is 6. The van der Waals surface area contributed by atoms with Gasteiger partial charge in [-0.05, 0) is 48.9 Å². The Labute approximate surface area is 179 Å². The second-order valence-electron chi connectivity index (χ2n) is 7.79. The number of fused-ring (bicyclic) bond motifs is 1. The van der Waals surface area contributed by atoms with Crippen molar-refractivity contribution in [2.24, 2.45) is 0 Å². The highest BCUT2D eigenvalue weighted by molar-refractivity contribution is 6.11. The minimum atomic E-state index is -0.283. The fraction of sp³-hybridized carbons (Fsp3) is 0.227. The molecule has 2 aromatic heterocycles. The fourth-order valence-electron chi connectivity index (χ4n) is 3.87. The fourth-order valence-corrected chi connectivity index (χ4v) is 3.87. The summed E-state index contributed by atoms with van der Waals surface area (Å²) in [6.07, 6.45) is 4.49. The molecule has 1 amide bonds. The van der Waals surface area contributed by atoms with Gasteiger partial charge in [0.25, 0.3) is 5.91 Å². The van der Waals surface area contributed by atoms with E-state index in [0.29, 0.717) is 29.7 Å². The molecule has 1 aliphatic heterocycles. The molecule has 0 saturated carbocycles. The number of nitrogens with one attached hydrogen (secondary N) is 4. The van der Waals surface area contributed by atoms with Crippen LogP contribution >= 0.6 is 0 Å². The molecule has 9 heteroatoms. The maximum absolute atomic E-state index is 12.9. The van der Waals surface area contributed by atoms with Crippen molar-refractivity contribution in [3.63, 3.8) is 0 Å². The largest absolute Gasteiger partial charge is 0.399 e. The van der Waals surface area contributed by atoms with Crippen molar-refractivity contribution < 1.29 is 4.79 Å². The van der Waals surface area contributed by atoms with Gasteiger partial charge in [-0.1, -0.05) is 12.1 Å². The van der Waals surface area contributed by atoms with Crippen LogP contribution in [0.2, 0.25) is 0 Å². The van der Waals surface area contributed by atoms with Gasteiger partial charge in [-0.25, -0.2) is 0 Å². The topological polar surface area (TPSA) is 126 Å². The van der Waals surface area contributed by atoms with Gasteiger partial charge in [0.2, 0.25) is 0 Å². The molecule has 158 valence electrons. The molecule has 0 bridgehead atoms. The van der Waals surface area contributed by atoms with E-state index in [1.807, 2.05) is 42.5 Å². The van der Waals surface area contributed by atoms with E-state index >= 15 is 0 Å². The first-order valence-corrected chi connectivity index (χ1v) is 10.3. The number of nitrogens with zero attached hydrogens (tertiary/aromatic N) is 3. The lowest BCUT2D eigenvalue weighted by Gasteiger charge is -2.12. The third-order valence-corrected chi connectivity index (χ3v) is 5.40. The van der Waals surface area contributed by atoms with Gasteiger partial charge in [-0.3, -0.25) is 14.6 Å². The van der Waals surface area contributed by atoms with Gasteiger partial charge >= 0.3 is 0 Å². The Kier molecular flexibility index (Phi) is 5.01. The molecule has 1 atom stereocenters. The second kappa shape index (κ2) is 8.11. The molecule has 0 radical (unpaired) electrons. The van der Waals surface area contributed by atoms with Crippen molar-refractivity contribution in [2.75, 3.05) is 29.5 Å². The van der Waals surface area contributed by atoms with Crippen molar-refractivity contribution in [2.45, 2.75) is 19.0 Å². The smallest absolute Gasteiger partial charge is 0.276 e. The molecule has 6 N–H and O–H groups in total. The summed E-state index contributed by atoms with van der Waals surface area (Å²) < 4.78 is 1.75. The highest BCUT2D eigenvalue weighted by Gasteiger charge is 2.18. The van der Waals surface area contributed by atoms with E-state index in [9.17, 15) is 4.79 Å². The van der Waals surface area contributed by atoms with E-state index in [1.165, 1.54) is 0 Å². The van der Waals surface area contributed by atoms with E-state index in [4.69, 9.17) is 5.73 Å². The van der Waals surface area contributed by atoms with Gasteiger partial charge in [-0.15, -0.1) is 0 Å². The third kappa shape index (κ3) is 4.22. The van der Waals surface area contributed by atoms with Gasteiger partial charge in [0.1, 0.15) is 0 Å². The minimum absolute atomic E-state index is 0.283. The van der Waals surface area contributed by atoms with Crippen LogP contribution in [0.5, 0.6) is 0 Å². The monoisotopic (exact) mass is 416 g/mol. The molecule has 31 heavy (non-hydrogen) atoms. The average molecular weight is 416 g/mol. The van der Waals surface area contributed by atoms with Crippen LogP contribution < -0.4 is 21.7 Å². The van der Waals surface area contributed by atoms with E-state index in [1.54, 1.807) is 17.1 Å². The van der Waals surface area contributed by atoms with Crippen molar-refractivity contribution in [1.82, 2.24) is 25.3 Å². The number of nitrogens with two attached hydrogens (primary N) is 1. The van der Waals surface area contributed by atoms with Gasteiger partial charge < -0.3 is 21.7 Å². The van der Waals surface area contributed by atoms with Crippen LogP contribution in [0.4, 0.5) is 17.1 Å². The normalized spacial score (nSPS) is 15.9. The zero-order valence-electron chi connectivity index (χ0n) is 16.9. The highest BCUT2D eigenvalue weighted by atomic mass is 16.2. The number of H-pyrrole nitrogens is 1. The van der Waals surface area contributed by atoms with E-state index in [0.717, 1.165) is 41.7 Å². The van der Waals surface area contributed by atoms with Crippen LogP contribution in [-0.2, 0) is 6.54 Å². The molecule has 2 aromatic carbocycles. The highest BCUT2D eigenvalue weighted by Crippen LogP contribution is 2.23. The maximum atomic E-state index is 12.9. The Morgan fingerprint density at radius 3 is 3.00 bits per heavy atom. The predicted molar refractivity (Wildman–Crippen MR) is 121 cm³/mol. The predicted octanol–water partition coefficient (Wildman–Crippen LogP) is 2.42. The summed E-state index contributed by atoms with van der Waals surface area (Å²) in [5, 5.41) is 22.0. The van der Waals surface area contributed by atoms with Crippen LogP contribution in [0.25, 0.3) is 10.9 Å². The standard InChI is InChI=1S/C22H24N8O/c23-15-3-1-2-14(8-15)12-30-13-18(11-25-30)27-22(31)21-19-9-16(4-5-20(19)28-29-21)26-17-6-7-24-10-17/h1-5,8-9,11,13,17,24,26H,6-7,10,12,23H2,(H,27,31)(H,28,29). The molecule has 0 spiro atoms. The summed E-state index contributed by atoms with van der Waals surface area (Å²) in [4.78, 5) is 12.9. The number of carbonyl (C=O) groups excluding carboxylic acids is 1. The SMILES string of the molecule is Nc1cccc(Cn2cc(NC(=O)c3n[nH]c4ccc(NC5CCNC5)cc34)cn2)c1. The number of anilines is 3. The molecule has 1 fully saturated rings. The third-order valence-electron chi connectivity index (χ3n) is 5.40. The summed E-state index contributed by atoms with van der Waals surface area (Å²) in [5.41, 5.74) is 10.3. The number of nitrogen functional groups attached to an aromatic ring is 1. The van der Waals surface area contributed by atoms with E-state index < -0.39 is 0 Å². The van der Waals surface area contributed by atoms with Gasteiger partial charge in [0.05, 0.1) is 23.9 Å². The number of aromatic amines is 1. The Morgan fingerprint density at radius 2 is 2.16 bits per heavy atom. The number of aromatic nitrogens is 4. The molecule has 1 aliphatic rings. The van der Waals surface area contributed by atoms with Gasteiger partial charge in [0, 0.05) is 35.5 Å². The van der Waals surface area contributed by atoms with E-state index in [-0.39, 0.29) is 5.91 Å². The molecule has 1 unspecified atom stereocenters. The van der Waals surface area contributed by atoms with Crippen molar-refractivity contribution in [1.29, 1.82) is 0 Å². The molecule has 4 aromatic rings. The Morgan fingerprint density at radius 1 is 1.23 bits per heavy atom. The number of amides is 1. The Hall–Kier alpha value is -3.85. The number of benzene rings is 2. The lowest BCUT2D eigenvalue weighted by molar-refractivity contribution is 0.102. The maximum Gasteiger partial charge on any atom is 0.276 e. The molecule has 1 saturated heterocycles. The van der Waals surface area contributed by atoms with Gasteiger partial charge in [0.15, 0.2) is 5.69 Å². The molecule has 5 rings (SSSR count). The summed E-state index contributed by atoms with van der Waals surface area (Å²) in [6, 6.07) is 13.9. The van der Waals surface area contributed by atoms with Crippen molar-refractivity contribution >= 4 is 33.9 Å². The number of hydrogen-bond acceptors (Lipinski definition) is 6. The number of carbonyl (C=O) groups is 1. The number of hydrogen-bond donors (Lipinski definition) is 5. The molecule has 3 heterocycles. The lowest BCUT2D eigenvalue weighted by atomic mass is 10.1. The molecule has 9 nitrogen and oxygen atoms in total. The Balaban J connectivity index is 1.30. The van der Waals surface area contributed by atoms with Crippen molar-refractivity contribution in [3.8, 4) is 0 Å².